The summed E-state index contributed by atoms with van der Waals surface area (Å²) < 4.78 is 0. The van der Waals surface area contributed by atoms with Gasteiger partial charge in [0.05, 0.1) is 5.02 Å². The number of hydrogen-bond acceptors (Lipinski definition) is 2. The zero-order valence-corrected chi connectivity index (χ0v) is 10.7. The minimum absolute atomic E-state index is 0.223. The van der Waals surface area contributed by atoms with Crippen LogP contribution in [-0.2, 0) is 4.79 Å². The fourth-order valence-corrected chi connectivity index (χ4v) is 2.10. The third kappa shape index (κ3) is 2.83. The smallest absolute Gasteiger partial charge is 0.318 e. The maximum Gasteiger partial charge on any atom is 0.318 e. The molecule has 0 aliphatic rings. The maximum absolute atomic E-state index is 12.3. The first kappa shape index (κ1) is 13.3. The minimum atomic E-state index is -1.24. The lowest BCUT2D eigenvalue weighted by Gasteiger charge is -2.12. The molecule has 0 saturated carbocycles. The lowest BCUT2D eigenvalue weighted by Crippen LogP contribution is -2.22. The number of carbonyl (C=O) groups excluding carboxylic acids is 1. The Morgan fingerprint density at radius 3 is 2.11 bits per heavy atom. The van der Waals surface area contributed by atoms with E-state index < -0.39 is 17.7 Å². The molecular weight excluding hydrogens is 264 g/mol. The summed E-state index contributed by atoms with van der Waals surface area (Å²) in [7, 11) is 0. The normalized spacial score (nSPS) is 11.8. The number of Topliss-reactive ketones (excluding diaryl/α,β-unsaturated/α-hetero) is 1. The quantitative estimate of drug-likeness (QED) is 0.687. The maximum atomic E-state index is 12.3. The van der Waals surface area contributed by atoms with Crippen molar-refractivity contribution < 1.29 is 14.7 Å². The molecule has 0 aliphatic heterocycles. The summed E-state index contributed by atoms with van der Waals surface area (Å²) in [6.07, 6.45) is 0. The Labute approximate surface area is 115 Å². The van der Waals surface area contributed by atoms with Gasteiger partial charge in [-0.05, 0) is 17.7 Å². The van der Waals surface area contributed by atoms with Gasteiger partial charge >= 0.3 is 5.97 Å². The van der Waals surface area contributed by atoms with E-state index in [4.69, 9.17) is 11.6 Å². The molecule has 2 aromatic carbocycles. The van der Waals surface area contributed by atoms with Crippen molar-refractivity contribution in [1.29, 1.82) is 0 Å². The fourth-order valence-electron chi connectivity index (χ4n) is 1.87. The first-order valence-corrected chi connectivity index (χ1v) is 6.05. The Hall–Kier alpha value is -2.13. The van der Waals surface area contributed by atoms with Gasteiger partial charge in [-0.2, -0.15) is 0 Å². The van der Waals surface area contributed by atoms with E-state index in [9.17, 15) is 14.7 Å². The molecule has 0 radical (unpaired) electrons. The van der Waals surface area contributed by atoms with E-state index >= 15 is 0 Å². The van der Waals surface area contributed by atoms with Crippen LogP contribution < -0.4 is 0 Å². The molecule has 0 aromatic heterocycles. The number of benzene rings is 2. The van der Waals surface area contributed by atoms with Crippen LogP contribution in [0.5, 0.6) is 0 Å². The third-order valence-electron chi connectivity index (χ3n) is 2.78. The topological polar surface area (TPSA) is 54.4 Å². The van der Waals surface area contributed by atoms with Gasteiger partial charge in [-0.3, -0.25) is 9.59 Å². The summed E-state index contributed by atoms with van der Waals surface area (Å²) in [6.45, 7) is 0. The highest BCUT2D eigenvalue weighted by atomic mass is 35.5. The van der Waals surface area contributed by atoms with E-state index in [1.54, 1.807) is 48.5 Å². The average Bonchev–Trinajstić information content (AvgIpc) is 2.40. The molecule has 0 spiro atoms. The van der Waals surface area contributed by atoms with Crippen LogP contribution in [-0.4, -0.2) is 16.9 Å². The van der Waals surface area contributed by atoms with Crippen molar-refractivity contribution in [2.45, 2.75) is 5.92 Å². The number of carbonyl (C=O) groups is 2. The minimum Gasteiger partial charge on any atom is -0.480 e. The number of carboxylic acid groups (broad SMARTS) is 1. The SMILES string of the molecule is O=C(O)C(C(=O)c1ccccc1Cl)c1ccccc1. The van der Waals surface area contributed by atoms with Gasteiger partial charge in [-0.25, -0.2) is 0 Å². The molecule has 4 heteroatoms. The van der Waals surface area contributed by atoms with Gasteiger partial charge in [0.15, 0.2) is 5.78 Å². The molecule has 19 heavy (non-hydrogen) atoms. The average molecular weight is 275 g/mol. The van der Waals surface area contributed by atoms with Gasteiger partial charge in [0, 0.05) is 5.56 Å². The molecule has 0 aliphatic carbocycles. The monoisotopic (exact) mass is 274 g/mol. The molecule has 2 aromatic rings. The standard InChI is InChI=1S/C15H11ClO3/c16-12-9-5-4-8-11(12)14(17)13(15(18)19)10-6-2-1-3-7-10/h1-9,13H,(H,18,19). The van der Waals surface area contributed by atoms with Crippen LogP contribution in [0.2, 0.25) is 5.02 Å². The molecule has 0 fully saturated rings. The Bertz CT molecular complexity index is 608. The van der Waals surface area contributed by atoms with Crippen LogP contribution in [0, 0.1) is 0 Å². The van der Waals surface area contributed by atoms with E-state index in [1.807, 2.05) is 0 Å². The van der Waals surface area contributed by atoms with E-state index in [1.165, 1.54) is 6.07 Å². The highest BCUT2D eigenvalue weighted by Crippen LogP contribution is 2.25. The van der Waals surface area contributed by atoms with E-state index in [0.29, 0.717) is 5.56 Å². The van der Waals surface area contributed by atoms with Crippen molar-refractivity contribution in [3.63, 3.8) is 0 Å². The second-order valence-electron chi connectivity index (χ2n) is 4.03. The number of hydrogen-bond donors (Lipinski definition) is 1. The van der Waals surface area contributed by atoms with Crippen molar-refractivity contribution in [3.05, 3.63) is 70.7 Å². The van der Waals surface area contributed by atoms with Gasteiger partial charge in [0.25, 0.3) is 0 Å². The molecule has 0 amide bonds. The Balaban J connectivity index is 2.44. The summed E-state index contributed by atoms with van der Waals surface area (Å²) in [6, 6.07) is 14.8. The lowest BCUT2D eigenvalue weighted by atomic mass is 9.91. The van der Waals surface area contributed by atoms with Crippen LogP contribution in [0.3, 0.4) is 0 Å². The zero-order chi connectivity index (χ0) is 13.8. The number of rotatable bonds is 4. The van der Waals surface area contributed by atoms with Gasteiger partial charge in [-0.1, -0.05) is 54.1 Å². The zero-order valence-electron chi connectivity index (χ0n) is 9.92. The predicted octanol–water partition coefficient (Wildman–Crippen LogP) is 3.39. The number of carboxylic acids is 1. The molecule has 96 valence electrons. The molecule has 2 rings (SSSR count). The summed E-state index contributed by atoms with van der Waals surface area (Å²) in [5.74, 6) is -2.93. The Morgan fingerprint density at radius 2 is 1.53 bits per heavy atom. The van der Waals surface area contributed by atoms with Crippen molar-refractivity contribution in [2.75, 3.05) is 0 Å². The van der Waals surface area contributed by atoms with Crippen molar-refractivity contribution in [2.24, 2.45) is 0 Å². The molecule has 0 saturated heterocycles. The molecule has 1 unspecified atom stereocenters. The summed E-state index contributed by atoms with van der Waals surface area (Å²) >= 11 is 5.94. The van der Waals surface area contributed by atoms with Gasteiger partial charge in [0.2, 0.25) is 0 Å². The predicted molar refractivity (Wildman–Crippen MR) is 72.6 cm³/mol. The second-order valence-corrected chi connectivity index (χ2v) is 4.43. The van der Waals surface area contributed by atoms with Crippen LogP contribution >= 0.6 is 11.6 Å². The molecular formula is C15H11ClO3. The van der Waals surface area contributed by atoms with Crippen molar-refractivity contribution >= 4 is 23.4 Å². The highest BCUT2D eigenvalue weighted by molar-refractivity contribution is 6.34. The van der Waals surface area contributed by atoms with Gasteiger partial charge < -0.3 is 5.11 Å². The summed E-state index contributed by atoms with van der Waals surface area (Å²) in [5, 5.41) is 9.54. The van der Waals surface area contributed by atoms with E-state index in [0.717, 1.165) is 0 Å². The summed E-state index contributed by atoms with van der Waals surface area (Å²) in [5.41, 5.74) is 0.667. The molecule has 1 N–H and O–H groups in total. The molecule has 3 nitrogen and oxygen atoms in total. The van der Waals surface area contributed by atoms with Crippen molar-refractivity contribution in [3.8, 4) is 0 Å². The molecule has 0 bridgehead atoms. The Morgan fingerprint density at radius 1 is 0.947 bits per heavy atom. The van der Waals surface area contributed by atoms with E-state index in [2.05, 4.69) is 0 Å². The number of halogens is 1. The Kier molecular flexibility index (Phi) is 3.97. The van der Waals surface area contributed by atoms with Gasteiger partial charge in [-0.15, -0.1) is 0 Å². The second kappa shape index (κ2) is 5.67. The molecule has 0 heterocycles. The van der Waals surface area contributed by atoms with Crippen LogP contribution in [0.25, 0.3) is 0 Å². The highest BCUT2D eigenvalue weighted by Gasteiger charge is 2.29. The number of ketones is 1. The van der Waals surface area contributed by atoms with Crippen molar-refractivity contribution in [1.82, 2.24) is 0 Å². The fraction of sp³-hybridized carbons (Fsp3) is 0.0667. The summed E-state index contributed by atoms with van der Waals surface area (Å²) in [4.78, 5) is 23.7. The van der Waals surface area contributed by atoms with Crippen LogP contribution in [0.15, 0.2) is 54.6 Å². The van der Waals surface area contributed by atoms with Crippen LogP contribution in [0.4, 0.5) is 0 Å². The van der Waals surface area contributed by atoms with E-state index in [-0.39, 0.29) is 10.6 Å². The first-order valence-electron chi connectivity index (χ1n) is 5.67. The van der Waals surface area contributed by atoms with Crippen LogP contribution in [0.1, 0.15) is 21.8 Å². The number of aliphatic carboxylic acids is 1. The lowest BCUT2D eigenvalue weighted by molar-refractivity contribution is -0.137. The first-order chi connectivity index (χ1) is 9.11. The van der Waals surface area contributed by atoms with Gasteiger partial charge in [0.1, 0.15) is 5.92 Å². The largest absolute Gasteiger partial charge is 0.480 e. The molecule has 1 atom stereocenters. The third-order valence-corrected chi connectivity index (χ3v) is 3.11.